The van der Waals surface area contributed by atoms with Crippen LogP contribution in [0.5, 0.6) is 0 Å². The fraction of sp³-hybridized carbons (Fsp3) is 1.00. The first kappa shape index (κ1) is 16.1. The molecule has 2 N–H and O–H groups in total. The molecule has 3 unspecified atom stereocenters. The van der Waals surface area contributed by atoms with Crippen molar-refractivity contribution < 1.29 is 13.2 Å². The molecule has 0 aromatic carbocycles. The van der Waals surface area contributed by atoms with E-state index in [1.165, 1.54) is 38.5 Å². The van der Waals surface area contributed by atoms with Gasteiger partial charge in [0.2, 0.25) is 0 Å². The summed E-state index contributed by atoms with van der Waals surface area (Å²) < 4.78 is 35.9. The second-order valence-corrected chi connectivity index (χ2v) is 6.37. The molecule has 118 valence electrons. The number of hydrogen-bond acceptors (Lipinski definition) is 2. The minimum atomic E-state index is -4.00. The molecule has 2 rings (SSSR count). The molecule has 1 aliphatic heterocycles. The zero-order chi connectivity index (χ0) is 14.4. The van der Waals surface area contributed by atoms with Crippen LogP contribution in [0.2, 0.25) is 0 Å². The lowest BCUT2D eigenvalue weighted by atomic mass is 9.78. The first-order valence-corrected chi connectivity index (χ1v) is 8.08. The summed E-state index contributed by atoms with van der Waals surface area (Å²) in [4.78, 5) is 0. The molecule has 0 aromatic rings. The molecule has 0 spiro atoms. The maximum atomic E-state index is 12.0. The van der Waals surface area contributed by atoms with E-state index in [9.17, 15) is 13.2 Å². The molecule has 0 amide bonds. The number of hydrogen-bond donors (Lipinski definition) is 2. The van der Waals surface area contributed by atoms with Gasteiger partial charge in [-0.05, 0) is 51.0 Å². The van der Waals surface area contributed by atoms with Crippen LogP contribution in [0, 0.1) is 5.92 Å². The van der Waals surface area contributed by atoms with Gasteiger partial charge in [0, 0.05) is 25.0 Å². The molecule has 2 nitrogen and oxygen atoms in total. The number of nitrogens with one attached hydrogen (secondary N) is 2. The molecule has 2 aliphatic rings. The molecule has 1 aliphatic carbocycles. The largest absolute Gasteiger partial charge is 0.389 e. The maximum Gasteiger partial charge on any atom is 0.389 e. The van der Waals surface area contributed by atoms with Crippen LogP contribution in [-0.4, -0.2) is 31.3 Å². The van der Waals surface area contributed by atoms with Crippen LogP contribution >= 0.6 is 0 Å². The maximum absolute atomic E-state index is 12.0. The topological polar surface area (TPSA) is 24.1 Å². The fourth-order valence-corrected chi connectivity index (χ4v) is 3.59. The van der Waals surface area contributed by atoms with Gasteiger partial charge in [-0.2, -0.15) is 13.2 Å². The Hall–Kier alpha value is -0.290. The van der Waals surface area contributed by atoms with E-state index in [1.54, 1.807) is 0 Å². The summed E-state index contributed by atoms with van der Waals surface area (Å²) in [5.74, 6) is 0.867. The highest BCUT2D eigenvalue weighted by Crippen LogP contribution is 2.32. The van der Waals surface area contributed by atoms with Crippen LogP contribution in [0.15, 0.2) is 0 Å². The Kier molecular flexibility index (Phi) is 6.15. The van der Waals surface area contributed by atoms with Gasteiger partial charge in [0.25, 0.3) is 0 Å². The number of fused-ring (bicyclic) bond motifs is 1. The Morgan fingerprint density at radius 2 is 1.80 bits per heavy atom. The normalized spacial score (nSPS) is 31.1. The molecule has 0 bridgehead atoms. The van der Waals surface area contributed by atoms with Crippen molar-refractivity contribution in [2.24, 2.45) is 5.92 Å². The van der Waals surface area contributed by atoms with Crippen molar-refractivity contribution >= 4 is 0 Å². The molecule has 1 saturated carbocycles. The molecule has 1 saturated heterocycles. The van der Waals surface area contributed by atoms with Crippen molar-refractivity contribution in [3.63, 3.8) is 0 Å². The highest BCUT2D eigenvalue weighted by Gasteiger charge is 2.31. The number of rotatable bonds is 6. The van der Waals surface area contributed by atoms with E-state index >= 15 is 0 Å². The number of alkyl halides is 3. The van der Waals surface area contributed by atoms with Crippen molar-refractivity contribution in [3.8, 4) is 0 Å². The third kappa shape index (κ3) is 5.60. The predicted octanol–water partition coefficient (Wildman–Crippen LogP) is 3.62. The molecule has 3 atom stereocenters. The van der Waals surface area contributed by atoms with E-state index < -0.39 is 12.6 Å². The Balaban J connectivity index is 1.52. The van der Waals surface area contributed by atoms with Crippen LogP contribution in [0.3, 0.4) is 0 Å². The average molecular weight is 292 g/mol. The third-order valence-electron chi connectivity index (χ3n) is 4.70. The number of halogens is 3. The molecular formula is C15H27F3N2. The average Bonchev–Trinajstić information content (AvgIpc) is 2.41. The van der Waals surface area contributed by atoms with Crippen molar-refractivity contribution in [2.45, 2.75) is 76.0 Å². The summed E-state index contributed by atoms with van der Waals surface area (Å²) in [5.41, 5.74) is 0. The standard InChI is InChI=1S/C15H27F3N2/c16-15(17,18)9-3-4-10-19-11-13-8-7-12-5-1-2-6-14(12)20-13/h12-14,19-20H,1-11H2. The van der Waals surface area contributed by atoms with Crippen LogP contribution in [0.4, 0.5) is 13.2 Å². The lowest BCUT2D eigenvalue weighted by molar-refractivity contribution is -0.135. The summed E-state index contributed by atoms with van der Waals surface area (Å²) in [7, 11) is 0. The number of unbranched alkanes of at least 4 members (excludes halogenated alkanes) is 1. The lowest BCUT2D eigenvalue weighted by Crippen LogP contribution is -2.52. The molecule has 1 heterocycles. The van der Waals surface area contributed by atoms with Crippen LogP contribution in [0.25, 0.3) is 0 Å². The lowest BCUT2D eigenvalue weighted by Gasteiger charge is -2.40. The van der Waals surface area contributed by atoms with Crippen molar-refractivity contribution in [1.82, 2.24) is 10.6 Å². The molecular weight excluding hydrogens is 265 g/mol. The van der Waals surface area contributed by atoms with E-state index in [-0.39, 0.29) is 6.42 Å². The Morgan fingerprint density at radius 3 is 2.60 bits per heavy atom. The van der Waals surface area contributed by atoms with Crippen LogP contribution in [0.1, 0.15) is 57.8 Å². The Morgan fingerprint density at radius 1 is 1.00 bits per heavy atom. The first-order chi connectivity index (χ1) is 9.54. The second-order valence-electron chi connectivity index (χ2n) is 6.37. The Labute approximate surface area is 119 Å². The summed E-state index contributed by atoms with van der Waals surface area (Å²) in [6.07, 6.45) is 4.10. The number of piperidine rings is 1. The van der Waals surface area contributed by atoms with Gasteiger partial charge >= 0.3 is 6.18 Å². The summed E-state index contributed by atoms with van der Waals surface area (Å²) in [5, 5.41) is 7.04. The van der Waals surface area contributed by atoms with Crippen molar-refractivity contribution in [3.05, 3.63) is 0 Å². The summed E-state index contributed by atoms with van der Waals surface area (Å²) >= 11 is 0. The van der Waals surface area contributed by atoms with Crippen molar-refractivity contribution in [2.75, 3.05) is 13.1 Å². The van der Waals surface area contributed by atoms with Crippen LogP contribution in [-0.2, 0) is 0 Å². The highest BCUT2D eigenvalue weighted by molar-refractivity contribution is 4.89. The SMILES string of the molecule is FC(F)(F)CCCCNCC1CCC2CCCCC2N1. The van der Waals surface area contributed by atoms with Gasteiger partial charge in [0.1, 0.15) is 0 Å². The van der Waals surface area contributed by atoms with E-state index in [0.717, 1.165) is 12.5 Å². The molecule has 20 heavy (non-hydrogen) atoms. The molecule has 0 aromatic heterocycles. The zero-order valence-electron chi connectivity index (χ0n) is 12.1. The minimum absolute atomic E-state index is 0.235. The molecule has 5 heteroatoms. The van der Waals surface area contributed by atoms with Gasteiger partial charge in [-0.25, -0.2) is 0 Å². The highest BCUT2D eigenvalue weighted by atomic mass is 19.4. The van der Waals surface area contributed by atoms with Gasteiger partial charge in [-0.3, -0.25) is 0 Å². The van der Waals surface area contributed by atoms with E-state index in [2.05, 4.69) is 10.6 Å². The smallest absolute Gasteiger partial charge is 0.315 e. The summed E-state index contributed by atoms with van der Waals surface area (Å²) in [6, 6.07) is 1.20. The monoisotopic (exact) mass is 292 g/mol. The van der Waals surface area contributed by atoms with Gasteiger partial charge in [-0.1, -0.05) is 12.8 Å². The molecule has 0 radical (unpaired) electrons. The predicted molar refractivity (Wildman–Crippen MR) is 74.7 cm³/mol. The Bertz CT molecular complexity index is 281. The second kappa shape index (κ2) is 7.64. The van der Waals surface area contributed by atoms with Crippen LogP contribution < -0.4 is 10.6 Å². The van der Waals surface area contributed by atoms with Crippen molar-refractivity contribution in [1.29, 1.82) is 0 Å². The third-order valence-corrected chi connectivity index (χ3v) is 4.70. The quantitative estimate of drug-likeness (QED) is 0.731. The van der Waals surface area contributed by atoms with E-state index in [0.29, 0.717) is 25.0 Å². The van der Waals surface area contributed by atoms with E-state index in [1.807, 2.05) is 0 Å². The fourth-order valence-electron chi connectivity index (χ4n) is 3.59. The van der Waals surface area contributed by atoms with E-state index in [4.69, 9.17) is 0 Å². The first-order valence-electron chi connectivity index (χ1n) is 8.08. The molecule has 2 fully saturated rings. The van der Waals surface area contributed by atoms with Gasteiger partial charge < -0.3 is 10.6 Å². The zero-order valence-corrected chi connectivity index (χ0v) is 12.1. The minimum Gasteiger partial charge on any atom is -0.315 e. The van der Waals surface area contributed by atoms with Gasteiger partial charge in [0.15, 0.2) is 0 Å². The summed E-state index contributed by atoms with van der Waals surface area (Å²) in [6.45, 7) is 1.59. The van der Waals surface area contributed by atoms with Gasteiger partial charge in [0.05, 0.1) is 0 Å². The van der Waals surface area contributed by atoms with Gasteiger partial charge in [-0.15, -0.1) is 0 Å².